The van der Waals surface area contributed by atoms with Gasteiger partial charge in [0.15, 0.2) is 0 Å². The Bertz CT molecular complexity index is 594. The van der Waals surface area contributed by atoms with Crippen LogP contribution < -0.4 is 0 Å². The molecule has 0 bridgehead atoms. The summed E-state index contributed by atoms with van der Waals surface area (Å²) in [4.78, 5) is 0. The number of halogens is 1. The van der Waals surface area contributed by atoms with Gasteiger partial charge in [-0.3, -0.25) is 0 Å². The van der Waals surface area contributed by atoms with Crippen LogP contribution in [0.5, 0.6) is 0 Å². The molecule has 0 N–H and O–H groups in total. The molecule has 2 aromatic rings. The molecule has 1 saturated heterocycles. The van der Waals surface area contributed by atoms with E-state index in [0.29, 0.717) is 12.7 Å². The van der Waals surface area contributed by atoms with Crippen LogP contribution in [-0.2, 0) is 15.9 Å². The summed E-state index contributed by atoms with van der Waals surface area (Å²) in [5.41, 5.74) is 3.83. The number of ether oxygens (including phenoxy) is 2. The molecule has 0 amide bonds. The molecule has 3 heteroatoms. The average molecular weight is 347 g/mol. The fourth-order valence-corrected chi connectivity index (χ4v) is 3.30. The second-order valence-electron chi connectivity index (χ2n) is 5.55. The van der Waals surface area contributed by atoms with Crippen LogP contribution in [0.4, 0.5) is 0 Å². The van der Waals surface area contributed by atoms with Crippen LogP contribution in [-0.4, -0.2) is 13.4 Å². The second-order valence-corrected chi connectivity index (χ2v) is 6.40. The molecule has 2 aromatic carbocycles. The van der Waals surface area contributed by atoms with Gasteiger partial charge in [-0.2, -0.15) is 0 Å². The summed E-state index contributed by atoms with van der Waals surface area (Å²) < 4.78 is 12.5. The standard InChI is InChI=1S/C18H19BrO2/c1-13-6-8-14(9-7-13)10-15-11-20-12-21-18(15)16-4-2-3-5-17(16)19/h2-9,15,18H,10-12H2,1H3/t15-,18-/m1/s1. The van der Waals surface area contributed by atoms with Crippen molar-refractivity contribution >= 4 is 15.9 Å². The fourth-order valence-electron chi connectivity index (χ4n) is 2.79. The van der Waals surface area contributed by atoms with Gasteiger partial charge >= 0.3 is 0 Å². The average Bonchev–Trinajstić information content (AvgIpc) is 2.51. The van der Waals surface area contributed by atoms with E-state index < -0.39 is 0 Å². The van der Waals surface area contributed by atoms with Crippen LogP contribution in [0.3, 0.4) is 0 Å². The molecular formula is C18H19BrO2. The zero-order valence-corrected chi connectivity index (χ0v) is 13.7. The summed E-state index contributed by atoms with van der Waals surface area (Å²) in [5.74, 6) is 0.333. The molecule has 0 saturated carbocycles. The van der Waals surface area contributed by atoms with Crippen LogP contribution in [0.25, 0.3) is 0 Å². The van der Waals surface area contributed by atoms with E-state index in [9.17, 15) is 0 Å². The van der Waals surface area contributed by atoms with Gasteiger partial charge in [-0.25, -0.2) is 0 Å². The van der Waals surface area contributed by atoms with Crippen molar-refractivity contribution in [3.8, 4) is 0 Å². The molecule has 2 atom stereocenters. The Hall–Kier alpha value is -1.16. The van der Waals surface area contributed by atoms with Crippen molar-refractivity contribution in [1.82, 2.24) is 0 Å². The van der Waals surface area contributed by atoms with Crippen molar-refractivity contribution in [3.63, 3.8) is 0 Å². The Balaban J connectivity index is 1.81. The maximum absolute atomic E-state index is 5.90. The van der Waals surface area contributed by atoms with E-state index in [2.05, 4.69) is 65.3 Å². The topological polar surface area (TPSA) is 18.5 Å². The lowest BCUT2D eigenvalue weighted by Crippen LogP contribution is -2.30. The Morgan fingerprint density at radius 1 is 1.10 bits per heavy atom. The highest BCUT2D eigenvalue weighted by Gasteiger charge is 2.29. The van der Waals surface area contributed by atoms with Gasteiger partial charge in [0, 0.05) is 10.4 Å². The van der Waals surface area contributed by atoms with E-state index in [0.717, 1.165) is 17.5 Å². The Kier molecular flexibility index (Phi) is 4.73. The number of rotatable bonds is 3. The molecule has 2 nitrogen and oxygen atoms in total. The van der Waals surface area contributed by atoms with Crippen LogP contribution in [0.2, 0.25) is 0 Å². The monoisotopic (exact) mass is 346 g/mol. The lowest BCUT2D eigenvalue weighted by Gasteiger charge is -2.32. The smallest absolute Gasteiger partial charge is 0.147 e. The molecule has 0 unspecified atom stereocenters. The maximum Gasteiger partial charge on any atom is 0.147 e. The SMILES string of the molecule is Cc1ccc(C[C@@H]2COCO[C@H]2c2ccccc2Br)cc1. The van der Waals surface area contributed by atoms with Crippen molar-refractivity contribution in [2.45, 2.75) is 19.4 Å². The first kappa shape index (κ1) is 14.8. The van der Waals surface area contributed by atoms with Gasteiger partial charge in [0.2, 0.25) is 0 Å². The van der Waals surface area contributed by atoms with Crippen LogP contribution in [0, 0.1) is 12.8 Å². The van der Waals surface area contributed by atoms with Gasteiger partial charge in [-0.15, -0.1) is 0 Å². The molecule has 21 heavy (non-hydrogen) atoms. The highest BCUT2D eigenvalue weighted by molar-refractivity contribution is 9.10. The fraction of sp³-hybridized carbons (Fsp3) is 0.333. The highest BCUT2D eigenvalue weighted by Crippen LogP contribution is 2.35. The Labute approximate surface area is 134 Å². The van der Waals surface area contributed by atoms with E-state index >= 15 is 0 Å². The molecule has 1 fully saturated rings. The lowest BCUT2D eigenvalue weighted by molar-refractivity contribution is -0.172. The minimum absolute atomic E-state index is 0.0793. The molecule has 1 aliphatic heterocycles. The van der Waals surface area contributed by atoms with Crippen molar-refractivity contribution in [1.29, 1.82) is 0 Å². The Morgan fingerprint density at radius 3 is 2.62 bits per heavy atom. The van der Waals surface area contributed by atoms with Gasteiger partial charge in [0.05, 0.1) is 12.7 Å². The lowest BCUT2D eigenvalue weighted by atomic mass is 9.89. The van der Waals surface area contributed by atoms with Gasteiger partial charge in [-0.05, 0) is 30.5 Å². The summed E-state index contributed by atoms with van der Waals surface area (Å²) in [6, 6.07) is 17.0. The van der Waals surface area contributed by atoms with E-state index in [1.165, 1.54) is 16.7 Å². The first-order valence-electron chi connectivity index (χ1n) is 7.23. The molecule has 0 aliphatic carbocycles. The molecule has 1 aliphatic rings. The van der Waals surface area contributed by atoms with Gasteiger partial charge in [0.1, 0.15) is 6.79 Å². The van der Waals surface area contributed by atoms with Gasteiger partial charge in [0.25, 0.3) is 0 Å². The van der Waals surface area contributed by atoms with Crippen LogP contribution in [0.1, 0.15) is 22.8 Å². The number of aryl methyl sites for hydroxylation is 1. The second kappa shape index (κ2) is 6.73. The van der Waals surface area contributed by atoms with E-state index in [-0.39, 0.29) is 6.10 Å². The third kappa shape index (κ3) is 3.54. The van der Waals surface area contributed by atoms with Crippen molar-refractivity contribution in [2.75, 3.05) is 13.4 Å². The zero-order chi connectivity index (χ0) is 14.7. The summed E-state index contributed by atoms with van der Waals surface area (Å²) >= 11 is 3.63. The summed E-state index contributed by atoms with van der Waals surface area (Å²) in [6.07, 6.45) is 1.04. The first-order chi connectivity index (χ1) is 10.2. The van der Waals surface area contributed by atoms with Gasteiger partial charge < -0.3 is 9.47 Å². The van der Waals surface area contributed by atoms with Crippen molar-refractivity contribution in [2.24, 2.45) is 5.92 Å². The quantitative estimate of drug-likeness (QED) is 0.804. The third-order valence-corrected chi connectivity index (χ3v) is 4.64. The number of benzene rings is 2. The minimum Gasteiger partial charge on any atom is -0.355 e. The zero-order valence-electron chi connectivity index (χ0n) is 12.1. The van der Waals surface area contributed by atoms with Gasteiger partial charge in [-0.1, -0.05) is 64.0 Å². The number of hydrogen-bond donors (Lipinski definition) is 0. The third-order valence-electron chi connectivity index (χ3n) is 3.92. The molecule has 1 heterocycles. The minimum atomic E-state index is 0.0793. The molecule has 3 rings (SSSR count). The molecule has 0 radical (unpaired) electrons. The summed E-state index contributed by atoms with van der Waals surface area (Å²) in [5, 5.41) is 0. The predicted molar refractivity (Wildman–Crippen MR) is 87.2 cm³/mol. The summed E-state index contributed by atoms with van der Waals surface area (Å²) in [7, 11) is 0. The van der Waals surface area contributed by atoms with Crippen LogP contribution >= 0.6 is 15.9 Å². The first-order valence-corrected chi connectivity index (χ1v) is 8.02. The van der Waals surface area contributed by atoms with E-state index in [1.54, 1.807) is 0 Å². The molecule has 0 spiro atoms. The Morgan fingerprint density at radius 2 is 1.86 bits per heavy atom. The van der Waals surface area contributed by atoms with E-state index in [1.807, 2.05) is 6.07 Å². The van der Waals surface area contributed by atoms with Crippen LogP contribution in [0.15, 0.2) is 53.0 Å². The normalized spacial score (nSPS) is 22.2. The van der Waals surface area contributed by atoms with Crippen molar-refractivity contribution < 1.29 is 9.47 Å². The predicted octanol–water partition coefficient (Wildman–Crippen LogP) is 4.66. The molecular weight excluding hydrogens is 328 g/mol. The summed E-state index contributed by atoms with van der Waals surface area (Å²) in [6.45, 7) is 3.22. The highest BCUT2D eigenvalue weighted by atomic mass is 79.9. The maximum atomic E-state index is 5.90. The van der Waals surface area contributed by atoms with E-state index in [4.69, 9.17) is 9.47 Å². The largest absolute Gasteiger partial charge is 0.355 e. The number of hydrogen-bond acceptors (Lipinski definition) is 2. The molecule has 0 aromatic heterocycles. The molecule has 110 valence electrons. The van der Waals surface area contributed by atoms with Crippen molar-refractivity contribution in [3.05, 3.63) is 69.7 Å².